The number of hydrogen-bond acceptors (Lipinski definition) is 4. The van der Waals surface area contributed by atoms with E-state index in [4.69, 9.17) is 9.15 Å². The van der Waals surface area contributed by atoms with Crippen molar-refractivity contribution in [2.75, 3.05) is 26.2 Å². The van der Waals surface area contributed by atoms with Gasteiger partial charge in [-0.3, -0.25) is 9.59 Å². The predicted octanol–water partition coefficient (Wildman–Crippen LogP) is 2.34. The van der Waals surface area contributed by atoms with Gasteiger partial charge in [-0.05, 0) is 38.1 Å². The lowest BCUT2D eigenvalue weighted by atomic mass is 10.2. The van der Waals surface area contributed by atoms with Gasteiger partial charge in [-0.15, -0.1) is 0 Å². The van der Waals surface area contributed by atoms with E-state index in [1.165, 1.54) is 6.26 Å². The summed E-state index contributed by atoms with van der Waals surface area (Å²) >= 11 is 0. The highest BCUT2D eigenvalue weighted by atomic mass is 16.5. The molecule has 3 rings (SSSR count). The third kappa shape index (κ3) is 4.02. The number of benzene rings is 1. The van der Waals surface area contributed by atoms with Crippen LogP contribution in [0.2, 0.25) is 0 Å². The average Bonchev–Trinajstić information content (AvgIpc) is 3.17. The smallest absolute Gasteiger partial charge is 0.289 e. The van der Waals surface area contributed by atoms with Crippen LogP contribution in [0, 0.1) is 6.92 Å². The van der Waals surface area contributed by atoms with Gasteiger partial charge < -0.3 is 19.0 Å². The molecule has 1 saturated heterocycles. The van der Waals surface area contributed by atoms with Crippen LogP contribution in [0.4, 0.5) is 0 Å². The molecular weight excluding hydrogens is 320 g/mol. The summed E-state index contributed by atoms with van der Waals surface area (Å²) in [5.41, 5.74) is 1.14. The quantitative estimate of drug-likeness (QED) is 0.856. The fraction of sp³-hybridized carbons (Fsp3) is 0.368. The number of rotatable bonds is 4. The molecule has 2 heterocycles. The van der Waals surface area contributed by atoms with Crippen molar-refractivity contribution in [2.24, 2.45) is 0 Å². The maximum Gasteiger partial charge on any atom is 0.289 e. The van der Waals surface area contributed by atoms with Gasteiger partial charge in [-0.25, -0.2) is 0 Å². The molecule has 0 aliphatic carbocycles. The SMILES string of the molecule is Cc1ccc(O[C@@H](C)C(=O)N2CCN(C(=O)c3ccco3)CC2)cc1. The highest BCUT2D eigenvalue weighted by Crippen LogP contribution is 2.15. The summed E-state index contributed by atoms with van der Waals surface area (Å²) in [4.78, 5) is 28.2. The first-order valence-corrected chi connectivity index (χ1v) is 8.39. The van der Waals surface area contributed by atoms with E-state index < -0.39 is 6.10 Å². The van der Waals surface area contributed by atoms with Gasteiger partial charge in [0.1, 0.15) is 5.75 Å². The lowest BCUT2D eigenvalue weighted by Gasteiger charge is -2.35. The normalized spacial score (nSPS) is 15.8. The molecule has 1 fully saturated rings. The molecule has 6 heteroatoms. The second-order valence-corrected chi connectivity index (χ2v) is 6.17. The van der Waals surface area contributed by atoms with E-state index in [0.29, 0.717) is 37.7 Å². The molecule has 1 atom stereocenters. The second kappa shape index (κ2) is 7.42. The van der Waals surface area contributed by atoms with Crippen molar-refractivity contribution >= 4 is 11.8 Å². The van der Waals surface area contributed by atoms with E-state index in [-0.39, 0.29) is 11.8 Å². The molecule has 0 bridgehead atoms. The van der Waals surface area contributed by atoms with Crippen LogP contribution in [-0.4, -0.2) is 53.9 Å². The number of aryl methyl sites for hydroxylation is 1. The summed E-state index contributed by atoms with van der Waals surface area (Å²) in [6, 6.07) is 11.0. The van der Waals surface area contributed by atoms with E-state index in [0.717, 1.165) is 5.56 Å². The van der Waals surface area contributed by atoms with Crippen LogP contribution in [0.1, 0.15) is 23.0 Å². The molecule has 0 saturated carbocycles. The topological polar surface area (TPSA) is 63.0 Å². The van der Waals surface area contributed by atoms with Gasteiger partial charge in [-0.2, -0.15) is 0 Å². The Morgan fingerprint density at radius 1 is 1.04 bits per heavy atom. The predicted molar refractivity (Wildman–Crippen MR) is 92.5 cm³/mol. The Balaban J connectivity index is 1.52. The van der Waals surface area contributed by atoms with Gasteiger partial charge >= 0.3 is 0 Å². The van der Waals surface area contributed by atoms with Crippen LogP contribution in [0.3, 0.4) is 0 Å². The average molecular weight is 342 g/mol. The van der Waals surface area contributed by atoms with Crippen LogP contribution in [-0.2, 0) is 4.79 Å². The number of carbonyl (C=O) groups excluding carboxylic acids is 2. The van der Waals surface area contributed by atoms with Crippen LogP contribution in [0.15, 0.2) is 47.1 Å². The Hall–Kier alpha value is -2.76. The summed E-state index contributed by atoms with van der Waals surface area (Å²) in [6.45, 7) is 5.72. The van der Waals surface area contributed by atoms with Gasteiger partial charge in [0.25, 0.3) is 11.8 Å². The molecule has 2 amide bonds. The van der Waals surface area contributed by atoms with Gasteiger partial charge in [0.05, 0.1) is 6.26 Å². The fourth-order valence-electron chi connectivity index (χ4n) is 2.81. The molecule has 1 aliphatic rings. The van der Waals surface area contributed by atoms with Crippen LogP contribution in [0.25, 0.3) is 0 Å². The van der Waals surface area contributed by atoms with Crippen molar-refractivity contribution in [3.63, 3.8) is 0 Å². The summed E-state index contributed by atoms with van der Waals surface area (Å²) in [5.74, 6) is 0.806. The van der Waals surface area contributed by atoms with Gasteiger partial charge in [0.2, 0.25) is 0 Å². The van der Waals surface area contributed by atoms with E-state index in [1.54, 1.807) is 28.9 Å². The molecule has 1 aliphatic heterocycles. The van der Waals surface area contributed by atoms with Crippen LogP contribution in [0.5, 0.6) is 5.75 Å². The number of hydrogen-bond donors (Lipinski definition) is 0. The summed E-state index contributed by atoms with van der Waals surface area (Å²) in [5, 5.41) is 0. The maximum atomic E-state index is 12.6. The number of ether oxygens (including phenoxy) is 1. The van der Waals surface area contributed by atoms with Crippen LogP contribution < -0.4 is 4.74 Å². The maximum absolute atomic E-state index is 12.6. The molecular formula is C19H22N2O4. The third-order valence-electron chi connectivity index (χ3n) is 4.29. The van der Waals surface area contributed by atoms with Gasteiger partial charge in [0, 0.05) is 26.2 Å². The van der Waals surface area contributed by atoms with Crippen molar-refractivity contribution in [3.8, 4) is 5.75 Å². The number of carbonyl (C=O) groups is 2. The molecule has 2 aromatic rings. The molecule has 0 N–H and O–H groups in total. The van der Waals surface area contributed by atoms with E-state index in [2.05, 4.69) is 0 Å². The van der Waals surface area contributed by atoms with Crippen LogP contribution >= 0.6 is 0 Å². The zero-order valence-electron chi connectivity index (χ0n) is 14.5. The Morgan fingerprint density at radius 2 is 1.68 bits per heavy atom. The lowest BCUT2D eigenvalue weighted by molar-refractivity contribution is -0.139. The van der Waals surface area contributed by atoms with Gasteiger partial charge in [0.15, 0.2) is 11.9 Å². The van der Waals surface area contributed by atoms with Crippen molar-refractivity contribution in [3.05, 3.63) is 54.0 Å². The zero-order valence-corrected chi connectivity index (χ0v) is 14.5. The third-order valence-corrected chi connectivity index (χ3v) is 4.29. The van der Waals surface area contributed by atoms with Gasteiger partial charge in [-0.1, -0.05) is 17.7 Å². The zero-order chi connectivity index (χ0) is 17.8. The molecule has 0 spiro atoms. The lowest BCUT2D eigenvalue weighted by Crippen LogP contribution is -2.53. The molecule has 25 heavy (non-hydrogen) atoms. The molecule has 0 radical (unpaired) electrons. The first kappa shape index (κ1) is 17.1. The Bertz CT molecular complexity index is 716. The minimum Gasteiger partial charge on any atom is -0.481 e. The number of amides is 2. The molecule has 1 aromatic heterocycles. The first-order chi connectivity index (χ1) is 12.0. The van der Waals surface area contributed by atoms with E-state index in [9.17, 15) is 9.59 Å². The molecule has 1 aromatic carbocycles. The Labute approximate surface area is 147 Å². The number of furan rings is 1. The van der Waals surface area contributed by atoms with Crippen molar-refractivity contribution in [1.29, 1.82) is 0 Å². The fourth-order valence-corrected chi connectivity index (χ4v) is 2.81. The minimum atomic E-state index is -0.560. The first-order valence-electron chi connectivity index (χ1n) is 8.39. The highest BCUT2D eigenvalue weighted by molar-refractivity contribution is 5.91. The minimum absolute atomic E-state index is 0.0642. The summed E-state index contributed by atoms with van der Waals surface area (Å²) < 4.78 is 10.9. The molecule has 6 nitrogen and oxygen atoms in total. The largest absolute Gasteiger partial charge is 0.481 e. The van der Waals surface area contributed by atoms with E-state index in [1.807, 2.05) is 31.2 Å². The summed E-state index contributed by atoms with van der Waals surface area (Å²) in [7, 11) is 0. The van der Waals surface area contributed by atoms with E-state index >= 15 is 0 Å². The Kier molecular flexibility index (Phi) is 5.07. The van der Waals surface area contributed by atoms with Crippen molar-refractivity contribution < 1.29 is 18.7 Å². The summed E-state index contributed by atoms with van der Waals surface area (Å²) in [6.07, 6.45) is 0.923. The highest BCUT2D eigenvalue weighted by Gasteiger charge is 2.28. The van der Waals surface area contributed by atoms with Crippen molar-refractivity contribution in [1.82, 2.24) is 9.80 Å². The number of nitrogens with zero attached hydrogens (tertiary/aromatic N) is 2. The Morgan fingerprint density at radius 3 is 2.28 bits per heavy atom. The second-order valence-electron chi connectivity index (χ2n) is 6.17. The number of piperazine rings is 1. The standard InChI is InChI=1S/C19H22N2O4/c1-14-5-7-16(8-6-14)25-15(2)18(22)20-9-11-21(12-10-20)19(23)17-4-3-13-24-17/h3-8,13,15H,9-12H2,1-2H3/t15-/m0/s1. The monoisotopic (exact) mass is 342 g/mol. The molecule has 0 unspecified atom stereocenters. The molecule has 132 valence electrons. The van der Waals surface area contributed by atoms with Crippen molar-refractivity contribution in [2.45, 2.75) is 20.0 Å².